The molecule has 0 radical (unpaired) electrons. The Morgan fingerprint density at radius 1 is 1.35 bits per heavy atom. The number of fused-ring (bicyclic) bond motifs is 1. The maximum Gasteiger partial charge on any atom is 0.256 e. The van der Waals surface area contributed by atoms with E-state index in [0.29, 0.717) is 0 Å². The molecule has 0 saturated carbocycles. The fraction of sp³-hybridized carbons (Fsp3) is 0.462. The van der Waals surface area contributed by atoms with E-state index in [1.165, 1.54) is 12.8 Å². The summed E-state index contributed by atoms with van der Waals surface area (Å²) in [5.74, 6) is 2.75. The van der Waals surface area contributed by atoms with Crippen LogP contribution in [-0.4, -0.2) is 16.5 Å². The van der Waals surface area contributed by atoms with Crippen molar-refractivity contribution in [1.82, 2.24) is 4.98 Å². The van der Waals surface area contributed by atoms with Crippen LogP contribution in [0.3, 0.4) is 0 Å². The molecule has 0 amide bonds. The van der Waals surface area contributed by atoms with Gasteiger partial charge in [-0.25, -0.2) is 4.98 Å². The Morgan fingerprint density at radius 2 is 2.18 bits per heavy atom. The number of benzene rings is 1. The van der Waals surface area contributed by atoms with Crippen LogP contribution in [-0.2, 0) is 0 Å². The Kier molecular flexibility index (Phi) is 4.80. The molecule has 0 N–H and O–H groups in total. The molecule has 1 aromatic carbocycles. The van der Waals surface area contributed by atoms with Crippen LogP contribution in [0.5, 0.6) is 0 Å². The maximum absolute atomic E-state index is 5.65. The number of para-hydroxylation sites is 2. The SMILES string of the molecule is CC(CCS)CCSc1nc2ccccc2o1. The zero-order valence-electron chi connectivity index (χ0n) is 9.93. The van der Waals surface area contributed by atoms with E-state index in [-0.39, 0.29) is 0 Å². The lowest BCUT2D eigenvalue weighted by Crippen LogP contribution is -1.97. The Hall–Kier alpha value is -0.610. The predicted octanol–water partition coefficient (Wildman–Crippen LogP) is 4.27. The van der Waals surface area contributed by atoms with Gasteiger partial charge in [-0.1, -0.05) is 30.8 Å². The smallest absolute Gasteiger partial charge is 0.256 e. The van der Waals surface area contributed by atoms with E-state index < -0.39 is 0 Å². The van der Waals surface area contributed by atoms with Crippen LogP contribution < -0.4 is 0 Å². The normalized spacial score (nSPS) is 13.1. The molecule has 17 heavy (non-hydrogen) atoms. The summed E-state index contributed by atoms with van der Waals surface area (Å²) < 4.78 is 5.65. The molecule has 2 nitrogen and oxygen atoms in total. The molecule has 0 fully saturated rings. The van der Waals surface area contributed by atoms with Gasteiger partial charge in [-0.3, -0.25) is 0 Å². The number of hydrogen-bond donors (Lipinski definition) is 1. The van der Waals surface area contributed by atoms with Gasteiger partial charge in [-0.15, -0.1) is 0 Å². The number of rotatable bonds is 6. The Labute approximate surface area is 112 Å². The van der Waals surface area contributed by atoms with Gasteiger partial charge in [-0.05, 0) is 36.6 Å². The van der Waals surface area contributed by atoms with Crippen molar-refractivity contribution in [2.45, 2.75) is 25.0 Å². The number of aromatic nitrogens is 1. The van der Waals surface area contributed by atoms with Crippen LogP contribution in [0.1, 0.15) is 19.8 Å². The quantitative estimate of drug-likeness (QED) is 0.625. The summed E-state index contributed by atoms with van der Waals surface area (Å²) in [5.41, 5.74) is 1.82. The minimum absolute atomic E-state index is 0.726. The van der Waals surface area contributed by atoms with Gasteiger partial charge in [0.05, 0.1) is 0 Å². The fourth-order valence-corrected chi connectivity index (χ4v) is 3.07. The van der Waals surface area contributed by atoms with Gasteiger partial charge in [0, 0.05) is 5.75 Å². The third-order valence-electron chi connectivity index (χ3n) is 2.73. The Morgan fingerprint density at radius 3 is 2.94 bits per heavy atom. The molecule has 0 saturated heterocycles. The van der Waals surface area contributed by atoms with E-state index in [0.717, 1.165) is 33.7 Å². The second-order valence-electron chi connectivity index (χ2n) is 4.20. The summed E-state index contributed by atoms with van der Waals surface area (Å²) in [6.45, 7) is 2.27. The number of thiol groups is 1. The summed E-state index contributed by atoms with van der Waals surface area (Å²) in [6, 6.07) is 7.88. The minimum Gasteiger partial charge on any atom is -0.431 e. The van der Waals surface area contributed by atoms with Gasteiger partial charge in [0.25, 0.3) is 5.22 Å². The van der Waals surface area contributed by atoms with Crippen LogP contribution in [0.4, 0.5) is 0 Å². The Bertz CT molecular complexity index is 436. The fourth-order valence-electron chi connectivity index (χ4n) is 1.62. The van der Waals surface area contributed by atoms with E-state index in [1.54, 1.807) is 11.8 Å². The second-order valence-corrected chi connectivity index (χ2v) is 5.70. The van der Waals surface area contributed by atoms with E-state index in [1.807, 2.05) is 24.3 Å². The second kappa shape index (κ2) is 6.36. The molecule has 92 valence electrons. The van der Waals surface area contributed by atoms with Gasteiger partial charge in [-0.2, -0.15) is 12.6 Å². The van der Waals surface area contributed by atoms with Crippen LogP contribution in [0.25, 0.3) is 11.1 Å². The Balaban J connectivity index is 1.86. The lowest BCUT2D eigenvalue weighted by Gasteiger charge is -2.07. The molecular weight excluding hydrogens is 250 g/mol. The van der Waals surface area contributed by atoms with Crippen LogP contribution in [0, 0.1) is 5.92 Å². The van der Waals surface area contributed by atoms with Crippen molar-refractivity contribution in [2.75, 3.05) is 11.5 Å². The van der Waals surface area contributed by atoms with E-state index >= 15 is 0 Å². The molecule has 0 aliphatic heterocycles. The van der Waals surface area contributed by atoms with Gasteiger partial charge in [0.2, 0.25) is 0 Å². The maximum atomic E-state index is 5.65. The molecule has 1 atom stereocenters. The minimum atomic E-state index is 0.726. The molecule has 2 aromatic rings. The molecule has 4 heteroatoms. The van der Waals surface area contributed by atoms with Gasteiger partial charge in [0.15, 0.2) is 5.58 Å². The highest BCUT2D eigenvalue weighted by Gasteiger charge is 2.06. The van der Waals surface area contributed by atoms with E-state index in [9.17, 15) is 0 Å². The van der Waals surface area contributed by atoms with Crippen LogP contribution in [0.2, 0.25) is 0 Å². The zero-order chi connectivity index (χ0) is 12.1. The molecular formula is C13H17NOS2. The van der Waals surface area contributed by atoms with Crippen molar-refractivity contribution in [3.8, 4) is 0 Å². The molecule has 0 aliphatic rings. The van der Waals surface area contributed by atoms with E-state index in [4.69, 9.17) is 4.42 Å². The highest BCUT2D eigenvalue weighted by molar-refractivity contribution is 7.99. The molecule has 0 aliphatic carbocycles. The lowest BCUT2D eigenvalue weighted by molar-refractivity contribution is 0.487. The van der Waals surface area contributed by atoms with Crippen molar-refractivity contribution in [3.05, 3.63) is 24.3 Å². The summed E-state index contributed by atoms with van der Waals surface area (Å²) in [7, 11) is 0. The van der Waals surface area contributed by atoms with Crippen molar-refractivity contribution in [3.63, 3.8) is 0 Å². The van der Waals surface area contributed by atoms with Gasteiger partial charge in [0.1, 0.15) is 5.52 Å². The first-order chi connectivity index (χ1) is 8.29. The van der Waals surface area contributed by atoms with Crippen molar-refractivity contribution >= 4 is 35.5 Å². The van der Waals surface area contributed by atoms with Gasteiger partial charge < -0.3 is 4.42 Å². The first kappa shape index (κ1) is 12.8. The lowest BCUT2D eigenvalue weighted by atomic mass is 10.1. The third kappa shape index (κ3) is 3.68. The molecule has 2 rings (SSSR count). The van der Waals surface area contributed by atoms with Crippen LogP contribution >= 0.6 is 24.4 Å². The highest BCUT2D eigenvalue weighted by Crippen LogP contribution is 2.24. The third-order valence-corrected chi connectivity index (χ3v) is 3.85. The van der Waals surface area contributed by atoms with Crippen molar-refractivity contribution in [1.29, 1.82) is 0 Å². The number of thioether (sulfide) groups is 1. The average Bonchev–Trinajstić information content (AvgIpc) is 2.71. The first-order valence-corrected chi connectivity index (χ1v) is 7.50. The number of hydrogen-bond acceptors (Lipinski definition) is 4. The largest absolute Gasteiger partial charge is 0.431 e. The molecule has 1 unspecified atom stereocenters. The topological polar surface area (TPSA) is 26.0 Å². The van der Waals surface area contributed by atoms with E-state index in [2.05, 4.69) is 24.5 Å². The molecule has 1 heterocycles. The zero-order valence-corrected chi connectivity index (χ0v) is 11.6. The van der Waals surface area contributed by atoms with Crippen molar-refractivity contribution in [2.24, 2.45) is 5.92 Å². The summed E-state index contributed by atoms with van der Waals surface area (Å²) >= 11 is 5.95. The summed E-state index contributed by atoms with van der Waals surface area (Å²) in [5, 5.41) is 0.782. The van der Waals surface area contributed by atoms with Gasteiger partial charge >= 0.3 is 0 Å². The van der Waals surface area contributed by atoms with Crippen LogP contribution in [0.15, 0.2) is 33.9 Å². The average molecular weight is 267 g/mol. The summed E-state index contributed by atoms with van der Waals surface area (Å²) in [4.78, 5) is 4.44. The molecule has 0 spiro atoms. The molecule has 0 bridgehead atoms. The van der Waals surface area contributed by atoms with Crippen molar-refractivity contribution < 1.29 is 4.42 Å². The predicted molar refractivity (Wildman–Crippen MR) is 77.0 cm³/mol. The number of nitrogens with zero attached hydrogens (tertiary/aromatic N) is 1. The first-order valence-electron chi connectivity index (χ1n) is 5.89. The molecule has 1 aromatic heterocycles. The monoisotopic (exact) mass is 267 g/mol. The highest BCUT2D eigenvalue weighted by atomic mass is 32.2. The summed E-state index contributed by atoms with van der Waals surface area (Å²) in [6.07, 6.45) is 2.36. The number of oxazole rings is 1. The standard InChI is InChI=1S/C13H17NOS2/c1-10(6-8-16)7-9-17-13-14-11-4-2-3-5-12(11)15-13/h2-5,10,16H,6-9H2,1H3.